The minimum absolute atomic E-state index is 0.0266. The molecular weight excluding hydrogens is 306 g/mol. The SMILES string of the molecule is Cc1nn(C)c(C)c1CN(CCO)C(=O)CN(C)C1CCNCC1. The van der Waals surface area contributed by atoms with Crippen LogP contribution in [0, 0.1) is 13.8 Å². The largest absolute Gasteiger partial charge is 0.395 e. The van der Waals surface area contributed by atoms with E-state index in [1.807, 2.05) is 32.6 Å². The third-order valence-electron chi connectivity index (χ3n) is 5.05. The Hall–Kier alpha value is -1.44. The fourth-order valence-electron chi connectivity index (χ4n) is 3.34. The molecule has 1 aromatic rings. The molecule has 0 spiro atoms. The molecule has 1 fully saturated rings. The molecule has 2 heterocycles. The quantitative estimate of drug-likeness (QED) is 0.735. The minimum Gasteiger partial charge on any atom is -0.395 e. The van der Waals surface area contributed by atoms with Gasteiger partial charge in [0.05, 0.1) is 18.8 Å². The summed E-state index contributed by atoms with van der Waals surface area (Å²) in [6.45, 7) is 7.22. The number of carbonyl (C=O) groups excluding carboxylic acids is 1. The van der Waals surface area contributed by atoms with Crippen LogP contribution in [0.4, 0.5) is 0 Å². The molecule has 1 saturated heterocycles. The number of aliphatic hydroxyl groups excluding tert-OH is 1. The first-order valence-electron chi connectivity index (χ1n) is 8.72. The van der Waals surface area contributed by atoms with Gasteiger partial charge in [0.1, 0.15) is 0 Å². The molecule has 136 valence electrons. The van der Waals surface area contributed by atoms with Crippen molar-refractivity contribution in [3.8, 4) is 0 Å². The summed E-state index contributed by atoms with van der Waals surface area (Å²) in [6, 6.07) is 0.452. The maximum atomic E-state index is 12.8. The smallest absolute Gasteiger partial charge is 0.237 e. The Morgan fingerprint density at radius 3 is 2.58 bits per heavy atom. The van der Waals surface area contributed by atoms with Crippen LogP contribution in [0.3, 0.4) is 0 Å². The first-order valence-corrected chi connectivity index (χ1v) is 8.72. The summed E-state index contributed by atoms with van der Waals surface area (Å²) in [5.41, 5.74) is 3.08. The van der Waals surface area contributed by atoms with Crippen LogP contribution in [-0.4, -0.2) is 76.5 Å². The predicted octanol–water partition coefficient (Wildman–Crippen LogP) is 0.0416. The first kappa shape index (κ1) is 18.9. The summed E-state index contributed by atoms with van der Waals surface area (Å²) < 4.78 is 1.84. The van der Waals surface area contributed by atoms with Crippen molar-refractivity contribution in [2.24, 2.45) is 7.05 Å². The van der Waals surface area contributed by atoms with Crippen molar-refractivity contribution < 1.29 is 9.90 Å². The maximum Gasteiger partial charge on any atom is 0.237 e. The molecule has 1 aliphatic heterocycles. The van der Waals surface area contributed by atoms with Gasteiger partial charge in [0, 0.05) is 37.4 Å². The van der Waals surface area contributed by atoms with E-state index in [1.54, 1.807) is 4.90 Å². The summed E-state index contributed by atoms with van der Waals surface area (Å²) in [5.74, 6) is 0.0627. The van der Waals surface area contributed by atoms with Gasteiger partial charge in [0.15, 0.2) is 0 Å². The van der Waals surface area contributed by atoms with E-state index in [4.69, 9.17) is 0 Å². The monoisotopic (exact) mass is 337 g/mol. The second-order valence-corrected chi connectivity index (χ2v) is 6.71. The molecular formula is C17H31N5O2. The minimum atomic E-state index is -0.0266. The van der Waals surface area contributed by atoms with Crippen molar-refractivity contribution in [2.45, 2.75) is 39.3 Å². The maximum absolute atomic E-state index is 12.8. The summed E-state index contributed by atoms with van der Waals surface area (Å²) in [6.07, 6.45) is 2.15. The lowest BCUT2D eigenvalue weighted by molar-refractivity contribution is -0.133. The Labute approximate surface area is 144 Å². The van der Waals surface area contributed by atoms with Gasteiger partial charge in [-0.25, -0.2) is 0 Å². The molecule has 0 bridgehead atoms. The zero-order valence-electron chi connectivity index (χ0n) is 15.4. The van der Waals surface area contributed by atoms with Crippen molar-refractivity contribution in [3.05, 3.63) is 17.0 Å². The van der Waals surface area contributed by atoms with E-state index in [1.165, 1.54) is 0 Å². The van der Waals surface area contributed by atoms with Crippen molar-refractivity contribution in [3.63, 3.8) is 0 Å². The van der Waals surface area contributed by atoms with Crippen LogP contribution < -0.4 is 5.32 Å². The molecule has 0 aromatic carbocycles. The van der Waals surface area contributed by atoms with Crippen LogP contribution in [-0.2, 0) is 18.4 Å². The number of amides is 1. The number of hydrogen-bond acceptors (Lipinski definition) is 5. The van der Waals surface area contributed by atoms with E-state index in [9.17, 15) is 9.90 Å². The molecule has 0 saturated carbocycles. The third kappa shape index (κ3) is 4.55. The molecule has 1 aromatic heterocycles. The number of nitrogens with one attached hydrogen (secondary N) is 1. The highest BCUT2D eigenvalue weighted by Gasteiger charge is 2.23. The molecule has 0 aliphatic carbocycles. The van der Waals surface area contributed by atoms with Crippen LogP contribution in [0.15, 0.2) is 0 Å². The average molecular weight is 337 g/mol. The van der Waals surface area contributed by atoms with Crippen LogP contribution in [0.2, 0.25) is 0 Å². The molecule has 2 rings (SSSR count). The Morgan fingerprint density at radius 1 is 1.38 bits per heavy atom. The first-order chi connectivity index (χ1) is 11.4. The van der Waals surface area contributed by atoms with E-state index < -0.39 is 0 Å². The number of carbonyl (C=O) groups is 1. The van der Waals surface area contributed by atoms with Gasteiger partial charge in [-0.2, -0.15) is 5.10 Å². The Bertz CT molecular complexity index is 551. The fraction of sp³-hybridized carbons (Fsp3) is 0.765. The molecule has 1 aliphatic rings. The lowest BCUT2D eigenvalue weighted by Gasteiger charge is -2.33. The summed E-state index contributed by atoms with van der Waals surface area (Å²) >= 11 is 0. The number of piperidine rings is 1. The van der Waals surface area contributed by atoms with Gasteiger partial charge in [0.25, 0.3) is 0 Å². The van der Waals surface area contributed by atoms with E-state index in [2.05, 4.69) is 15.3 Å². The molecule has 7 nitrogen and oxygen atoms in total. The standard InChI is InChI=1S/C17H31N5O2/c1-13-16(14(2)21(4)19-13)11-22(9-10-23)17(24)12-20(3)15-5-7-18-8-6-15/h15,18,23H,5-12H2,1-4H3. The second-order valence-electron chi connectivity index (χ2n) is 6.71. The summed E-state index contributed by atoms with van der Waals surface area (Å²) in [7, 11) is 3.93. The van der Waals surface area contributed by atoms with E-state index in [-0.39, 0.29) is 12.5 Å². The van der Waals surface area contributed by atoms with Gasteiger partial charge in [0.2, 0.25) is 5.91 Å². The number of likely N-dealkylation sites (N-methyl/N-ethyl adjacent to an activating group) is 1. The third-order valence-corrected chi connectivity index (χ3v) is 5.05. The van der Waals surface area contributed by atoms with Crippen LogP contribution in [0.5, 0.6) is 0 Å². The van der Waals surface area contributed by atoms with Crippen LogP contribution in [0.1, 0.15) is 29.8 Å². The van der Waals surface area contributed by atoms with E-state index in [0.29, 0.717) is 25.7 Å². The van der Waals surface area contributed by atoms with Crippen molar-refractivity contribution in [2.75, 3.05) is 39.8 Å². The van der Waals surface area contributed by atoms with Crippen LogP contribution >= 0.6 is 0 Å². The highest BCUT2D eigenvalue weighted by atomic mass is 16.3. The van der Waals surface area contributed by atoms with Crippen molar-refractivity contribution in [1.82, 2.24) is 24.9 Å². The summed E-state index contributed by atoms with van der Waals surface area (Å²) in [4.78, 5) is 16.6. The van der Waals surface area contributed by atoms with Gasteiger partial charge in [-0.1, -0.05) is 0 Å². The van der Waals surface area contributed by atoms with E-state index >= 15 is 0 Å². The molecule has 2 N–H and O–H groups in total. The Kier molecular flexibility index (Phi) is 6.77. The Morgan fingerprint density at radius 2 is 2.04 bits per heavy atom. The van der Waals surface area contributed by atoms with E-state index in [0.717, 1.165) is 42.9 Å². The van der Waals surface area contributed by atoms with Crippen molar-refractivity contribution in [1.29, 1.82) is 0 Å². The molecule has 0 atom stereocenters. The Balaban J connectivity index is 2.01. The lowest BCUT2D eigenvalue weighted by atomic mass is 10.1. The molecule has 24 heavy (non-hydrogen) atoms. The van der Waals surface area contributed by atoms with Gasteiger partial charge in [-0.15, -0.1) is 0 Å². The number of aryl methyl sites for hydroxylation is 2. The van der Waals surface area contributed by atoms with Gasteiger partial charge in [-0.3, -0.25) is 14.4 Å². The zero-order valence-corrected chi connectivity index (χ0v) is 15.4. The van der Waals surface area contributed by atoms with Crippen molar-refractivity contribution >= 4 is 5.91 Å². The number of aliphatic hydroxyl groups is 1. The van der Waals surface area contributed by atoms with Gasteiger partial charge >= 0.3 is 0 Å². The zero-order chi connectivity index (χ0) is 17.7. The molecule has 0 radical (unpaired) electrons. The highest BCUT2D eigenvalue weighted by molar-refractivity contribution is 5.78. The normalized spacial score (nSPS) is 15.9. The molecule has 1 amide bonds. The number of nitrogens with zero attached hydrogens (tertiary/aromatic N) is 4. The summed E-state index contributed by atoms with van der Waals surface area (Å²) in [5, 5.41) is 17.1. The highest BCUT2D eigenvalue weighted by Crippen LogP contribution is 2.16. The average Bonchev–Trinajstić information content (AvgIpc) is 2.81. The van der Waals surface area contributed by atoms with Crippen LogP contribution in [0.25, 0.3) is 0 Å². The number of rotatable bonds is 7. The number of aromatic nitrogens is 2. The fourth-order valence-corrected chi connectivity index (χ4v) is 3.34. The lowest BCUT2D eigenvalue weighted by Crippen LogP contribution is -2.46. The molecule has 0 unspecified atom stereocenters. The molecule has 7 heteroatoms. The van der Waals surface area contributed by atoms with Gasteiger partial charge in [-0.05, 0) is 46.8 Å². The second kappa shape index (κ2) is 8.60. The van der Waals surface area contributed by atoms with Gasteiger partial charge < -0.3 is 15.3 Å². The number of hydrogen-bond donors (Lipinski definition) is 2. The topological polar surface area (TPSA) is 73.6 Å². The predicted molar refractivity (Wildman–Crippen MR) is 93.7 cm³/mol.